The largest absolute Gasteiger partial charge is 0.582 e. The van der Waals surface area contributed by atoms with Crippen molar-refractivity contribution < 1.29 is 37.3 Å². The molecule has 0 saturated heterocycles. The summed E-state index contributed by atoms with van der Waals surface area (Å²) in [6.45, 7) is 1.74. The Morgan fingerprint density at radius 1 is 0.927 bits per heavy atom. The third kappa shape index (κ3) is 28.2. The number of alkyl carbamates (subject to hydrolysis) is 1. The molecule has 41 heavy (non-hydrogen) atoms. The van der Waals surface area contributed by atoms with E-state index in [0.29, 0.717) is 50.5 Å². The van der Waals surface area contributed by atoms with E-state index in [-0.39, 0.29) is 25.0 Å². The van der Waals surface area contributed by atoms with Crippen LogP contribution in [0.4, 0.5) is 9.11 Å². The fourth-order valence-corrected chi connectivity index (χ4v) is 5.82. The van der Waals surface area contributed by atoms with Gasteiger partial charge in [0.25, 0.3) is 0 Å². The van der Waals surface area contributed by atoms with Crippen molar-refractivity contribution in [2.45, 2.75) is 63.8 Å². The molecule has 12 nitrogen and oxygen atoms in total. The lowest BCUT2D eigenvalue weighted by Crippen LogP contribution is -2.44. The number of hydrogen-bond acceptors (Lipinski definition) is 11. The first-order valence-electron chi connectivity index (χ1n) is 13.3. The molecule has 3 amide bonds. The standard InChI is InChI=1S/C21H39B2FIN5O7PS3/c24-23(30-25)22-20(33)17(26)16-41-40-15-9-19(32)27-10-6-3-4-8-18(31)28-12-14-36-21(34)29-11-5-1-2-7-13-37-38(35)39/h17,30H,1-16,26H2,(H3-,27,28,29,31,32,34,35,39)/p+1/t17-/m0/s1. The second-order valence-electron chi connectivity index (χ2n) is 8.60. The average molecular weight is 769 g/mol. The quantitative estimate of drug-likeness (QED) is 0.0138. The number of thiol groups is 1. The highest BCUT2D eigenvalue weighted by molar-refractivity contribution is 14.1. The van der Waals surface area contributed by atoms with Crippen LogP contribution in [0.2, 0.25) is 0 Å². The van der Waals surface area contributed by atoms with Crippen molar-refractivity contribution in [1.29, 1.82) is 0 Å². The molecule has 0 heterocycles. The minimum Gasteiger partial charge on any atom is -0.448 e. The lowest BCUT2D eigenvalue weighted by Gasteiger charge is -2.10. The number of nitrogens with one attached hydrogen (secondary N) is 4. The third-order valence-electron chi connectivity index (χ3n) is 5.13. The Morgan fingerprint density at radius 2 is 1.56 bits per heavy atom. The van der Waals surface area contributed by atoms with Crippen LogP contribution in [0.15, 0.2) is 0 Å². The number of amides is 3. The van der Waals surface area contributed by atoms with E-state index >= 15 is 0 Å². The number of halogens is 2. The second kappa shape index (κ2) is 28.5. The van der Waals surface area contributed by atoms with Crippen molar-refractivity contribution in [2.24, 2.45) is 5.73 Å². The second-order valence-corrected chi connectivity index (χ2v) is 13.6. The Balaban J connectivity index is 3.52. The zero-order valence-corrected chi connectivity index (χ0v) is 28.5. The topological polar surface area (TPSA) is 178 Å². The monoisotopic (exact) mass is 769 g/mol. The van der Waals surface area contributed by atoms with Gasteiger partial charge in [0, 0.05) is 60.3 Å². The zero-order valence-electron chi connectivity index (χ0n) is 22.9. The van der Waals surface area contributed by atoms with Crippen LogP contribution in [0.1, 0.15) is 57.8 Å². The molecular formula is C21H40B2FIN5O7PS3+. The Hall–Kier alpha value is -0.300. The smallest absolute Gasteiger partial charge is 0.448 e. The van der Waals surface area contributed by atoms with E-state index in [4.69, 9.17) is 15.0 Å². The molecule has 0 spiro atoms. The van der Waals surface area contributed by atoms with Crippen molar-refractivity contribution in [3.8, 4) is 0 Å². The van der Waals surface area contributed by atoms with E-state index in [1.807, 2.05) is 0 Å². The van der Waals surface area contributed by atoms with Gasteiger partial charge in [-0.25, -0.2) is 4.79 Å². The molecule has 6 N–H and O–H groups in total. The van der Waals surface area contributed by atoms with E-state index in [0.717, 1.165) is 45.7 Å². The van der Waals surface area contributed by atoms with Gasteiger partial charge in [-0.1, -0.05) is 40.9 Å². The zero-order chi connectivity index (χ0) is 30.7. The highest BCUT2D eigenvalue weighted by atomic mass is 127. The van der Waals surface area contributed by atoms with Gasteiger partial charge in [0.05, 0.1) is 18.3 Å². The first-order chi connectivity index (χ1) is 19.6. The molecule has 0 aliphatic heterocycles. The maximum absolute atomic E-state index is 13.1. The van der Waals surface area contributed by atoms with E-state index in [1.165, 1.54) is 21.6 Å². The molecule has 0 fully saturated rings. The maximum atomic E-state index is 13.1. The van der Waals surface area contributed by atoms with Gasteiger partial charge in [0.2, 0.25) is 19.0 Å². The fraction of sp³-hybridized carbons (Fsp3) is 0.810. The number of ether oxygens (including phenoxy) is 1. The van der Waals surface area contributed by atoms with E-state index in [9.17, 15) is 28.1 Å². The molecule has 0 aromatic carbocycles. The molecule has 0 aromatic heterocycles. The molecule has 0 saturated carbocycles. The van der Waals surface area contributed by atoms with Gasteiger partial charge in [-0.05, 0) is 30.2 Å². The molecule has 233 valence electrons. The van der Waals surface area contributed by atoms with Crippen LogP contribution < -0.4 is 25.1 Å². The van der Waals surface area contributed by atoms with Gasteiger partial charge in [-0.2, -0.15) is 0 Å². The fourth-order valence-electron chi connectivity index (χ4n) is 2.99. The molecule has 0 aliphatic carbocycles. The Kier molecular flexibility index (Phi) is 28.3. The van der Waals surface area contributed by atoms with Crippen LogP contribution in [-0.2, 0) is 28.2 Å². The summed E-state index contributed by atoms with van der Waals surface area (Å²) in [5, 5.41) is 8.19. The predicted octanol–water partition coefficient (Wildman–Crippen LogP) is 2.89. The van der Waals surface area contributed by atoms with Crippen LogP contribution in [0.5, 0.6) is 0 Å². The lowest BCUT2D eigenvalue weighted by molar-refractivity contribution is -0.122. The Bertz CT molecular complexity index is 793. The summed E-state index contributed by atoms with van der Waals surface area (Å²) in [5.41, 5.74) is 5.25. The van der Waals surface area contributed by atoms with Gasteiger partial charge in [-0.3, -0.25) is 13.0 Å². The number of hydrogen-bond donors (Lipinski definition) is 6. The summed E-state index contributed by atoms with van der Waals surface area (Å²) in [6.07, 6.45) is 5.76. The summed E-state index contributed by atoms with van der Waals surface area (Å²) in [4.78, 5) is 47.1. The Labute approximate surface area is 270 Å². The van der Waals surface area contributed by atoms with Crippen molar-refractivity contribution in [3.63, 3.8) is 0 Å². The number of rotatable bonds is 27. The number of carbonyl (C=O) groups excluding carboxylic acids is 4. The summed E-state index contributed by atoms with van der Waals surface area (Å²) < 4.78 is 35.9. The molecule has 0 aliphatic rings. The minimum absolute atomic E-state index is 0.0722. The number of carbonyl (C=O) groups is 4. The molecule has 0 rings (SSSR count). The summed E-state index contributed by atoms with van der Waals surface area (Å²) in [6, 6.07) is -0.788. The maximum Gasteiger partial charge on any atom is 0.582 e. The molecule has 2 atom stereocenters. The van der Waals surface area contributed by atoms with Gasteiger partial charge in [-0.15, -0.1) is 4.52 Å². The average Bonchev–Trinajstić information content (AvgIpc) is 2.93. The first kappa shape index (κ1) is 40.7. The highest BCUT2D eigenvalue weighted by Crippen LogP contribution is 2.26. The predicted molar refractivity (Wildman–Crippen MR) is 177 cm³/mol. The lowest BCUT2D eigenvalue weighted by atomic mass is 9.40. The van der Waals surface area contributed by atoms with Gasteiger partial charge < -0.3 is 35.5 Å². The van der Waals surface area contributed by atoms with Crippen molar-refractivity contribution in [1.82, 2.24) is 19.4 Å². The van der Waals surface area contributed by atoms with Crippen LogP contribution in [0.25, 0.3) is 0 Å². The number of unbranched alkanes of at least 4 members (excludes halogenated alkanes) is 5. The van der Waals surface area contributed by atoms with Gasteiger partial charge >= 0.3 is 20.3 Å². The normalized spacial score (nSPS) is 11.8. The summed E-state index contributed by atoms with van der Waals surface area (Å²) in [5.74, 6) is 0.697. The van der Waals surface area contributed by atoms with Gasteiger partial charge in [0.15, 0.2) is 0 Å². The van der Waals surface area contributed by atoms with E-state index < -0.39 is 32.1 Å². The SMILES string of the molecule is N[C@@H](CSSCCC(=O)NCCCCCC(=O)NCCOC(=O)NCCCCCCO[P+](=O)S)C(=O)[B]B(F)NI. The van der Waals surface area contributed by atoms with Crippen LogP contribution >= 0.6 is 63.9 Å². The molecule has 0 bridgehead atoms. The third-order valence-corrected chi connectivity index (χ3v) is 8.91. The molecule has 1 unspecified atom stereocenters. The van der Waals surface area contributed by atoms with Crippen LogP contribution in [0.3, 0.4) is 0 Å². The summed E-state index contributed by atoms with van der Waals surface area (Å²) in [7, 11) is 0.328. The molecule has 20 heteroatoms. The Morgan fingerprint density at radius 3 is 2.27 bits per heavy atom. The van der Waals surface area contributed by atoms with Crippen molar-refractivity contribution >= 4 is 102 Å². The van der Waals surface area contributed by atoms with E-state index in [2.05, 4.69) is 31.6 Å². The highest BCUT2D eigenvalue weighted by Gasteiger charge is 2.24. The summed E-state index contributed by atoms with van der Waals surface area (Å²) >= 11 is 5.27. The minimum atomic E-state index is -1.85. The van der Waals surface area contributed by atoms with Gasteiger partial charge in [0.1, 0.15) is 25.5 Å². The molecule has 1 radical (unpaired) electrons. The van der Waals surface area contributed by atoms with Crippen molar-refractivity contribution in [3.05, 3.63) is 0 Å². The van der Waals surface area contributed by atoms with Crippen LogP contribution in [-0.4, -0.2) is 88.2 Å². The first-order valence-corrected chi connectivity index (χ1v) is 19.2. The van der Waals surface area contributed by atoms with Crippen molar-refractivity contribution in [2.75, 3.05) is 44.4 Å². The molecule has 0 aromatic rings. The number of nitrogens with two attached hydrogens (primary N) is 1. The molecular weight excluding hydrogens is 729 g/mol. The van der Waals surface area contributed by atoms with E-state index in [1.54, 1.807) is 22.9 Å². The van der Waals surface area contributed by atoms with Crippen LogP contribution in [0, 0.1) is 0 Å².